The van der Waals surface area contributed by atoms with Crippen LogP contribution >= 0.6 is 0 Å². The predicted molar refractivity (Wildman–Crippen MR) is 92.0 cm³/mol. The van der Waals surface area contributed by atoms with Gasteiger partial charge in [0, 0.05) is 6.54 Å². The first-order valence-corrected chi connectivity index (χ1v) is 8.70. The van der Waals surface area contributed by atoms with Gasteiger partial charge in [0.25, 0.3) is 0 Å². The number of fused-ring (bicyclic) bond motifs is 2. The van der Waals surface area contributed by atoms with Gasteiger partial charge in [0.15, 0.2) is 0 Å². The van der Waals surface area contributed by atoms with Gasteiger partial charge in [-0.25, -0.2) is 0 Å². The minimum Gasteiger partial charge on any atom is -0.299 e. The van der Waals surface area contributed by atoms with Crippen molar-refractivity contribution in [2.75, 3.05) is 13.1 Å². The van der Waals surface area contributed by atoms with Gasteiger partial charge in [0.05, 0.1) is 0 Å². The molecule has 1 saturated heterocycles. The Labute approximate surface area is 134 Å². The molecule has 2 aliphatic rings. The second kappa shape index (κ2) is 5.89. The number of nitrogens with zero attached hydrogens (tertiary/aromatic N) is 1. The smallest absolute Gasteiger partial charge is 0.0233 e. The largest absolute Gasteiger partial charge is 0.299 e. The lowest BCUT2D eigenvalue weighted by Gasteiger charge is -2.45. The van der Waals surface area contributed by atoms with Crippen molar-refractivity contribution in [3.63, 3.8) is 0 Å². The maximum Gasteiger partial charge on any atom is 0.0233 e. The van der Waals surface area contributed by atoms with Crippen LogP contribution in [0, 0.1) is 0 Å². The van der Waals surface area contributed by atoms with E-state index in [1.165, 1.54) is 50.8 Å². The Morgan fingerprint density at radius 1 is 0.818 bits per heavy atom. The molecule has 2 aromatic rings. The summed E-state index contributed by atoms with van der Waals surface area (Å²) in [7, 11) is 0. The molecule has 1 spiro atoms. The maximum atomic E-state index is 2.64. The van der Waals surface area contributed by atoms with Crippen molar-refractivity contribution in [3.05, 3.63) is 71.3 Å². The van der Waals surface area contributed by atoms with Crippen LogP contribution in [-0.2, 0) is 18.4 Å². The van der Waals surface area contributed by atoms with E-state index in [-0.39, 0.29) is 0 Å². The fraction of sp³-hybridized carbons (Fsp3) is 0.429. The van der Waals surface area contributed by atoms with Crippen LogP contribution in [0.15, 0.2) is 54.6 Å². The third kappa shape index (κ3) is 2.59. The Balaban J connectivity index is 1.48. The van der Waals surface area contributed by atoms with Gasteiger partial charge in [0.2, 0.25) is 0 Å². The van der Waals surface area contributed by atoms with Crippen LogP contribution in [-0.4, -0.2) is 18.0 Å². The number of rotatable bonds is 2. The molecule has 1 fully saturated rings. The molecule has 1 nitrogen and oxygen atoms in total. The third-order valence-electron chi connectivity index (χ3n) is 5.75. The number of hydrogen-bond acceptors (Lipinski definition) is 1. The predicted octanol–water partition coefficient (Wildman–Crippen LogP) is 4.56. The topological polar surface area (TPSA) is 3.24 Å². The van der Waals surface area contributed by atoms with Crippen LogP contribution in [0.4, 0.5) is 0 Å². The minimum absolute atomic E-state index is 0.474. The van der Waals surface area contributed by atoms with E-state index in [0.717, 1.165) is 6.54 Å². The van der Waals surface area contributed by atoms with E-state index in [1.807, 2.05) is 0 Å². The molecule has 1 aliphatic carbocycles. The van der Waals surface area contributed by atoms with Crippen molar-refractivity contribution in [3.8, 4) is 0 Å². The van der Waals surface area contributed by atoms with E-state index in [2.05, 4.69) is 59.5 Å². The highest BCUT2D eigenvalue weighted by Gasteiger charge is 2.38. The summed E-state index contributed by atoms with van der Waals surface area (Å²) in [6.07, 6.45) is 6.71. The molecule has 0 unspecified atom stereocenters. The SMILES string of the molecule is c1ccc([11CH2]N2CCC3(CCCc4ccccc43)CC2)cc1. The zero-order valence-electron chi connectivity index (χ0n) is 13.3. The Kier molecular flexibility index (Phi) is 3.75. The zero-order chi connectivity index (χ0) is 14.8. The molecule has 114 valence electrons. The number of hydrogen-bond donors (Lipinski definition) is 0. The van der Waals surface area contributed by atoms with E-state index in [0.29, 0.717) is 5.41 Å². The van der Waals surface area contributed by atoms with E-state index in [1.54, 1.807) is 11.1 Å². The monoisotopic (exact) mass is 290 g/mol. The van der Waals surface area contributed by atoms with Crippen molar-refractivity contribution in [1.82, 2.24) is 4.90 Å². The molecule has 2 aromatic carbocycles. The lowest BCUT2D eigenvalue weighted by molar-refractivity contribution is 0.139. The molecule has 0 N–H and O–H groups in total. The van der Waals surface area contributed by atoms with Crippen LogP contribution in [0.3, 0.4) is 0 Å². The van der Waals surface area contributed by atoms with E-state index < -0.39 is 0 Å². The van der Waals surface area contributed by atoms with Crippen molar-refractivity contribution >= 4 is 0 Å². The maximum absolute atomic E-state index is 2.64. The normalized spacial score (nSPS) is 20.7. The van der Waals surface area contributed by atoms with Crippen molar-refractivity contribution < 1.29 is 0 Å². The zero-order valence-corrected chi connectivity index (χ0v) is 13.3. The Morgan fingerprint density at radius 3 is 2.36 bits per heavy atom. The van der Waals surface area contributed by atoms with E-state index in [9.17, 15) is 0 Å². The van der Waals surface area contributed by atoms with Gasteiger partial charge in [-0.2, -0.15) is 0 Å². The summed E-state index contributed by atoms with van der Waals surface area (Å²) >= 11 is 0. The van der Waals surface area contributed by atoms with Gasteiger partial charge < -0.3 is 0 Å². The molecule has 0 atom stereocenters. The molecular weight excluding hydrogens is 265 g/mol. The highest BCUT2D eigenvalue weighted by Crippen LogP contribution is 2.44. The molecule has 0 amide bonds. The summed E-state index contributed by atoms with van der Waals surface area (Å²) in [5, 5.41) is 0. The number of benzene rings is 2. The van der Waals surface area contributed by atoms with Crippen LogP contribution < -0.4 is 0 Å². The summed E-state index contributed by atoms with van der Waals surface area (Å²) in [6.45, 7) is 3.59. The fourth-order valence-corrected chi connectivity index (χ4v) is 4.51. The van der Waals surface area contributed by atoms with Gasteiger partial charge >= 0.3 is 0 Å². The summed E-state index contributed by atoms with van der Waals surface area (Å²) < 4.78 is 0. The molecule has 0 bridgehead atoms. The quantitative estimate of drug-likeness (QED) is 0.784. The first-order chi connectivity index (χ1) is 10.9. The van der Waals surface area contributed by atoms with Gasteiger partial charge in [-0.1, -0.05) is 54.6 Å². The Morgan fingerprint density at radius 2 is 1.55 bits per heavy atom. The molecule has 0 aromatic heterocycles. The highest BCUT2D eigenvalue weighted by atomic mass is 15.1. The molecule has 1 aliphatic heterocycles. The average Bonchev–Trinajstić information content (AvgIpc) is 2.59. The van der Waals surface area contributed by atoms with Gasteiger partial charge in [0.1, 0.15) is 0 Å². The number of aryl methyl sites for hydroxylation is 1. The average molecular weight is 290 g/mol. The first-order valence-electron chi connectivity index (χ1n) is 8.70. The molecule has 1 heteroatoms. The lowest BCUT2D eigenvalue weighted by Crippen LogP contribution is -2.44. The van der Waals surface area contributed by atoms with Crippen molar-refractivity contribution in [2.45, 2.75) is 44.1 Å². The molecule has 22 heavy (non-hydrogen) atoms. The van der Waals surface area contributed by atoms with E-state index in [4.69, 9.17) is 0 Å². The van der Waals surface area contributed by atoms with E-state index >= 15 is 0 Å². The fourth-order valence-electron chi connectivity index (χ4n) is 4.51. The number of likely N-dealkylation sites (tertiary alicyclic amines) is 1. The van der Waals surface area contributed by atoms with Gasteiger partial charge in [-0.05, 0) is 67.3 Å². The van der Waals surface area contributed by atoms with Crippen molar-refractivity contribution in [1.29, 1.82) is 0 Å². The van der Waals surface area contributed by atoms with Crippen LogP contribution in [0.5, 0.6) is 0 Å². The summed E-state index contributed by atoms with van der Waals surface area (Å²) in [5.74, 6) is 0. The first kappa shape index (κ1) is 14.0. The summed E-state index contributed by atoms with van der Waals surface area (Å²) in [5.41, 5.74) is 5.20. The van der Waals surface area contributed by atoms with Gasteiger partial charge in [-0.3, -0.25) is 4.90 Å². The van der Waals surface area contributed by atoms with Crippen molar-refractivity contribution in [2.24, 2.45) is 0 Å². The Hall–Kier alpha value is -1.60. The second-order valence-corrected chi connectivity index (χ2v) is 7.05. The van der Waals surface area contributed by atoms with Crippen LogP contribution in [0.2, 0.25) is 0 Å². The summed E-state index contributed by atoms with van der Waals surface area (Å²) in [6, 6.07) is 20.1. The molecular formula is C21H25N. The third-order valence-corrected chi connectivity index (χ3v) is 5.75. The van der Waals surface area contributed by atoms with Crippen LogP contribution in [0.1, 0.15) is 42.4 Å². The number of piperidine rings is 1. The molecule has 0 radical (unpaired) electrons. The summed E-state index contributed by atoms with van der Waals surface area (Å²) in [4.78, 5) is 2.64. The highest BCUT2D eigenvalue weighted by molar-refractivity contribution is 5.37. The molecule has 1 heterocycles. The molecule has 4 rings (SSSR count). The van der Waals surface area contributed by atoms with Crippen LogP contribution in [0.25, 0.3) is 0 Å². The second-order valence-electron chi connectivity index (χ2n) is 7.05. The Bertz CT molecular complexity index is 623. The molecule has 0 saturated carbocycles. The van der Waals surface area contributed by atoms with Gasteiger partial charge in [-0.15, -0.1) is 0 Å². The standard InChI is InChI=1S/C21H25N/c1-2-7-18(8-3-1)17-22-15-13-21(14-16-22)12-6-10-19-9-4-5-11-20(19)21/h1-5,7-9,11H,6,10,12-17H2/i17-1. The lowest BCUT2D eigenvalue weighted by atomic mass is 9.64. The minimum atomic E-state index is 0.474.